The molecular weight excluding hydrogens is 387 g/mol. The number of halogens is 3. The lowest BCUT2D eigenvalue weighted by Gasteiger charge is -2.17. The van der Waals surface area contributed by atoms with Gasteiger partial charge in [0.15, 0.2) is 5.75 Å². The molecule has 1 unspecified atom stereocenters. The second-order valence-electron chi connectivity index (χ2n) is 6.08. The highest BCUT2D eigenvalue weighted by molar-refractivity contribution is 5.94. The molecule has 0 fully saturated rings. The summed E-state index contributed by atoms with van der Waals surface area (Å²) >= 11 is 0. The van der Waals surface area contributed by atoms with Crippen LogP contribution >= 0.6 is 0 Å². The lowest BCUT2D eigenvalue weighted by atomic mass is 10.1. The number of carbonyl (C=O) groups is 1. The highest BCUT2D eigenvalue weighted by atomic mass is 19.4. The molecule has 1 amide bonds. The maximum atomic E-state index is 12.6. The van der Waals surface area contributed by atoms with E-state index in [9.17, 15) is 22.8 Å². The first-order valence-electron chi connectivity index (χ1n) is 8.55. The van der Waals surface area contributed by atoms with Crippen LogP contribution in [0.2, 0.25) is 0 Å². The summed E-state index contributed by atoms with van der Waals surface area (Å²) in [6, 6.07) is 15.9. The summed E-state index contributed by atoms with van der Waals surface area (Å²) in [5.74, 6) is -1.28. The first-order chi connectivity index (χ1) is 13.7. The number of hydrogen-bond acceptors (Lipinski definition) is 4. The molecule has 3 aromatic rings. The molecule has 0 aliphatic carbocycles. The number of carbonyl (C=O) groups excluding carboxylic acids is 1. The molecular formula is C20H16F3N3O3. The van der Waals surface area contributed by atoms with Crippen LogP contribution in [0.1, 0.15) is 13.0 Å². The fourth-order valence-corrected chi connectivity index (χ4v) is 2.60. The molecule has 29 heavy (non-hydrogen) atoms. The number of rotatable bonds is 5. The van der Waals surface area contributed by atoms with E-state index in [1.807, 2.05) is 6.07 Å². The van der Waals surface area contributed by atoms with Gasteiger partial charge in [0.2, 0.25) is 5.91 Å². The van der Waals surface area contributed by atoms with Gasteiger partial charge in [-0.05, 0) is 25.1 Å². The molecule has 0 saturated heterocycles. The standard InChI is InChI=1S/C20H16F3N3O3/c1-13(19(28)24-16-9-5-6-10-17(16)29-20(21,22)23)26-18(27)12-11-15(25-26)14-7-3-2-4-8-14/h2-13H,1H3,(H,24,28). The van der Waals surface area contributed by atoms with Gasteiger partial charge in [0, 0.05) is 11.6 Å². The average molecular weight is 403 g/mol. The normalized spacial score (nSPS) is 12.3. The molecule has 150 valence electrons. The van der Waals surface area contributed by atoms with E-state index in [0.29, 0.717) is 5.69 Å². The highest BCUT2D eigenvalue weighted by Gasteiger charge is 2.32. The van der Waals surface area contributed by atoms with Crippen LogP contribution in [0.5, 0.6) is 5.75 Å². The molecule has 0 aliphatic heterocycles. The van der Waals surface area contributed by atoms with Crippen molar-refractivity contribution in [1.29, 1.82) is 0 Å². The zero-order valence-corrected chi connectivity index (χ0v) is 15.2. The summed E-state index contributed by atoms with van der Waals surface area (Å²) in [5, 5.41) is 6.57. The van der Waals surface area contributed by atoms with Gasteiger partial charge in [0.25, 0.3) is 5.56 Å². The second-order valence-corrected chi connectivity index (χ2v) is 6.08. The van der Waals surface area contributed by atoms with Crippen LogP contribution in [-0.4, -0.2) is 22.1 Å². The first-order valence-corrected chi connectivity index (χ1v) is 8.55. The number of nitrogens with one attached hydrogen (secondary N) is 1. The lowest BCUT2D eigenvalue weighted by molar-refractivity contribution is -0.274. The van der Waals surface area contributed by atoms with Gasteiger partial charge in [-0.25, -0.2) is 4.68 Å². The van der Waals surface area contributed by atoms with E-state index in [1.54, 1.807) is 24.3 Å². The Morgan fingerprint density at radius 3 is 2.38 bits per heavy atom. The second kappa shape index (κ2) is 8.17. The van der Waals surface area contributed by atoms with E-state index in [1.165, 1.54) is 37.3 Å². The summed E-state index contributed by atoms with van der Waals surface area (Å²) in [6.07, 6.45) is -4.91. The third kappa shape index (κ3) is 5.01. The summed E-state index contributed by atoms with van der Waals surface area (Å²) in [7, 11) is 0. The van der Waals surface area contributed by atoms with Crippen molar-refractivity contribution >= 4 is 11.6 Å². The predicted octanol–water partition coefficient (Wildman–Crippen LogP) is 4.01. The minimum atomic E-state index is -4.91. The van der Waals surface area contributed by atoms with Crippen LogP contribution < -0.4 is 15.6 Å². The Labute approximate surface area is 163 Å². The lowest BCUT2D eigenvalue weighted by Crippen LogP contribution is -2.33. The van der Waals surface area contributed by atoms with Gasteiger partial charge in [-0.3, -0.25) is 9.59 Å². The van der Waals surface area contributed by atoms with Crippen molar-refractivity contribution in [2.24, 2.45) is 0 Å². The van der Waals surface area contributed by atoms with Gasteiger partial charge in [-0.2, -0.15) is 5.10 Å². The van der Waals surface area contributed by atoms with Crippen LogP contribution in [-0.2, 0) is 4.79 Å². The Hall–Kier alpha value is -3.62. The molecule has 0 bridgehead atoms. The van der Waals surface area contributed by atoms with E-state index in [2.05, 4.69) is 15.2 Å². The zero-order valence-electron chi connectivity index (χ0n) is 15.2. The number of benzene rings is 2. The molecule has 1 N–H and O–H groups in total. The van der Waals surface area contributed by atoms with Gasteiger partial charge in [0.05, 0.1) is 11.4 Å². The Bertz CT molecular complexity index is 1070. The van der Waals surface area contributed by atoms with Gasteiger partial charge in [-0.1, -0.05) is 42.5 Å². The van der Waals surface area contributed by atoms with Crippen LogP contribution in [0.15, 0.2) is 71.5 Å². The predicted molar refractivity (Wildman–Crippen MR) is 100 cm³/mol. The van der Waals surface area contributed by atoms with E-state index in [-0.39, 0.29) is 5.69 Å². The zero-order chi connectivity index (χ0) is 21.0. The molecule has 9 heteroatoms. The van der Waals surface area contributed by atoms with Crippen LogP contribution in [0.3, 0.4) is 0 Å². The molecule has 1 aromatic heterocycles. The van der Waals surface area contributed by atoms with E-state index in [0.717, 1.165) is 16.3 Å². The van der Waals surface area contributed by atoms with Crippen molar-refractivity contribution in [2.75, 3.05) is 5.32 Å². The summed E-state index contributed by atoms with van der Waals surface area (Å²) < 4.78 is 42.5. The smallest absolute Gasteiger partial charge is 0.404 e. The van der Waals surface area contributed by atoms with E-state index >= 15 is 0 Å². The average Bonchev–Trinajstić information content (AvgIpc) is 2.69. The Morgan fingerprint density at radius 2 is 1.69 bits per heavy atom. The largest absolute Gasteiger partial charge is 0.573 e. The first kappa shape index (κ1) is 20.1. The van der Waals surface area contributed by atoms with E-state index in [4.69, 9.17) is 0 Å². The molecule has 0 aliphatic rings. The number of nitrogens with zero attached hydrogens (tertiary/aromatic N) is 2. The Kier molecular flexibility index (Phi) is 5.67. The fraction of sp³-hybridized carbons (Fsp3) is 0.150. The number of hydrogen-bond donors (Lipinski definition) is 1. The minimum absolute atomic E-state index is 0.172. The maximum absolute atomic E-state index is 12.6. The van der Waals surface area contributed by atoms with Crippen molar-refractivity contribution in [2.45, 2.75) is 19.3 Å². The van der Waals surface area contributed by atoms with Gasteiger partial charge >= 0.3 is 6.36 Å². The third-order valence-corrected chi connectivity index (χ3v) is 4.01. The van der Waals surface area contributed by atoms with Crippen LogP contribution in [0, 0.1) is 0 Å². The number of aromatic nitrogens is 2. The molecule has 1 heterocycles. The molecule has 1 atom stereocenters. The Balaban J connectivity index is 1.86. The molecule has 6 nitrogen and oxygen atoms in total. The molecule has 2 aromatic carbocycles. The van der Waals surface area contributed by atoms with Crippen molar-refractivity contribution in [1.82, 2.24) is 9.78 Å². The van der Waals surface area contributed by atoms with Crippen molar-refractivity contribution in [3.05, 3.63) is 77.1 Å². The molecule has 0 spiro atoms. The summed E-state index contributed by atoms with van der Waals surface area (Å²) in [6.45, 7) is 1.42. The Morgan fingerprint density at radius 1 is 1.03 bits per heavy atom. The fourth-order valence-electron chi connectivity index (χ4n) is 2.60. The number of alkyl halides is 3. The highest BCUT2D eigenvalue weighted by Crippen LogP contribution is 2.30. The van der Waals surface area contributed by atoms with Gasteiger partial charge < -0.3 is 10.1 Å². The third-order valence-electron chi connectivity index (χ3n) is 4.01. The summed E-state index contributed by atoms with van der Waals surface area (Å²) in [5.41, 5.74) is 0.532. The molecule has 0 saturated carbocycles. The number of anilines is 1. The number of ether oxygens (including phenoxy) is 1. The SMILES string of the molecule is CC(C(=O)Nc1ccccc1OC(F)(F)F)n1nc(-c2ccccc2)ccc1=O. The quantitative estimate of drug-likeness (QED) is 0.699. The van der Waals surface area contributed by atoms with Crippen LogP contribution in [0.4, 0.5) is 18.9 Å². The molecule has 3 rings (SSSR count). The van der Waals surface area contributed by atoms with Crippen LogP contribution in [0.25, 0.3) is 11.3 Å². The van der Waals surface area contributed by atoms with Crippen molar-refractivity contribution in [3.8, 4) is 17.0 Å². The molecule has 0 radical (unpaired) electrons. The maximum Gasteiger partial charge on any atom is 0.573 e. The van der Waals surface area contributed by atoms with E-state index < -0.39 is 29.6 Å². The van der Waals surface area contributed by atoms with Gasteiger partial charge in [-0.15, -0.1) is 13.2 Å². The number of para-hydroxylation sites is 2. The minimum Gasteiger partial charge on any atom is -0.404 e. The topological polar surface area (TPSA) is 73.2 Å². The monoisotopic (exact) mass is 403 g/mol. The number of amides is 1. The van der Waals surface area contributed by atoms with Crippen molar-refractivity contribution in [3.63, 3.8) is 0 Å². The van der Waals surface area contributed by atoms with Crippen molar-refractivity contribution < 1.29 is 22.7 Å². The summed E-state index contributed by atoms with van der Waals surface area (Å²) in [4.78, 5) is 24.8. The van der Waals surface area contributed by atoms with Gasteiger partial charge in [0.1, 0.15) is 6.04 Å².